The van der Waals surface area contributed by atoms with Crippen LogP contribution in [0.3, 0.4) is 0 Å². The molecule has 114 valence electrons. The highest BCUT2D eigenvalue weighted by molar-refractivity contribution is 6.00. The van der Waals surface area contributed by atoms with E-state index in [1.54, 1.807) is 0 Å². The van der Waals surface area contributed by atoms with Gasteiger partial charge in [0.1, 0.15) is 5.54 Å². The summed E-state index contributed by atoms with van der Waals surface area (Å²) in [5.74, 6) is 0.0267. The number of nitrogens with one attached hydrogen (secondary N) is 1. The van der Waals surface area contributed by atoms with Crippen LogP contribution in [0.5, 0.6) is 0 Å². The van der Waals surface area contributed by atoms with E-state index < -0.39 is 5.54 Å². The molecule has 0 spiro atoms. The second-order valence-electron chi connectivity index (χ2n) is 6.90. The zero-order valence-corrected chi connectivity index (χ0v) is 13.0. The first kappa shape index (κ1) is 14.5. The number of aryl methyl sites for hydroxylation is 1. The second-order valence-corrected chi connectivity index (χ2v) is 6.90. The van der Waals surface area contributed by atoms with Gasteiger partial charge < -0.3 is 15.8 Å². The molecule has 3 unspecified atom stereocenters. The van der Waals surface area contributed by atoms with Gasteiger partial charge in [-0.1, -0.05) is 32.0 Å². The van der Waals surface area contributed by atoms with Gasteiger partial charge in [0.2, 0.25) is 5.91 Å². The van der Waals surface area contributed by atoms with E-state index in [-0.39, 0.29) is 23.3 Å². The molecule has 2 fully saturated rings. The van der Waals surface area contributed by atoms with Crippen LogP contribution in [0.15, 0.2) is 24.3 Å². The summed E-state index contributed by atoms with van der Waals surface area (Å²) in [6.07, 6.45) is 2.04. The van der Waals surface area contributed by atoms with E-state index in [1.165, 1.54) is 0 Å². The summed E-state index contributed by atoms with van der Waals surface area (Å²) in [7, 11) is 0. The first-order valence-electron chi connectivity index (χ1n) is 7.66. The van der Waals surface area contributed by atoms with Crippen molar-refractivity contribution in [3.63, 3.8) is 0 Å². The van der Waals surface area contributed by atoms with Gasteiger partial charge in [-0.15, -0.1) is 0 Å². The fraction of sp³-hybridized carbons (Fsp3) is 0.588. The van der Waals surface area contributed by atoms with Gasteiger partial charge in [0.15, 0.2) is 0 Å². The number of anilines is 1. The van der Waals surface area contributed by atoms with Crippen molar-refractivity contribution in [1.82, 2.24) is 0 Å². The molecular formula is C17H24N2O2. The molecule has 1 saturated carbocycles. The highest BCUT2D eigenvalue weighted by Gasteiger charge is 2.70. The predicted octanol–water partition coefficient (Wildman–Crippen LogP) is 2.47. The number of hydrogen-bond acceptors (Lipinski definition) is 3. The smallest absolute Gasteiger partial charge is 0.245 e. The average Bonchev–Trinajstić information content (AvgIpc) is 2.48. The zero-order chi connectivity index (χ0) is 15.3. The van der Waals surface area contributed by atoms with Gasteiger partial charge >= 0.3 is 0 Å². The van der Waals surface area contributed by atoms with Crippen molar-refractivity contribution in [1.29, 1.82) is 0 Å². The number of carbonyl (C=O) groups is 1. The Labute approximate surface area is 126 Å². The highest BCUT2D eigenvalue weighted by Crippen LogP contribution is 2.57. The third-order valence-electron chi connectivity index (χ3n) is 5.45. The molecule has 1 amide bonds. The molecule has 0 aromatic heterocycles. The average molecular weight is 288 g/mol. The Hall–Kier alpha value is -1.39. The van der Waals surface area contributed by atoms with E-state index in [2.05, 4.69) is 5.32 Å². The Balaban J connectivity index is 1.85. The van der Waals surface area contributed by atoms with Crippen molar-refractivity contribution in [2.45, 2.75) is 45.3 Å². The maximum absolute atomic E-state index is 12.8. The number of amides is 1. The quantitative estimate of drug-likeness (QED) is 0.878. The van der Waals surface area contributed by atoms with Gasteiger partial charge in [0, 0.05) is 23.6 Å². The number of benzene rings is 1. The van der Waals surface area contributed by atoms with Gasteiger partial charge in [0.25, 0.3) is 0 Å². The lowest BCUT2D eigenvalue weighted by Crippen LogP contribution is -2.81. The number of rotatable bonds is 2. The largest absolute Gasteiger partial charge is 0.377 e. The van der Waals surface area contributed by atoms with Crippen molar-refractivity contribution in [3.05, 3.63) is 29.8 Å². The van der Waals surface area contributed by atoms with Gasteiger partial charge in [-0.25, -0.2) is 0 Å². The summed E-state index contributed by atoms with van der Waals surface area (Å²) in [6.45, 7) is 6.84. The molecule has 1 aliphatic carbocycles. The molecule has 3 atom stereocenters. The summed E-state index contributed by atoms with van der Waals surface area (Å²) in [4.78, 5) is 12.8. The van der Waals surface area contributed by atoms with Crippen LogP contribution in [-0.2, 0) is 9.53 Å². The fourth-order valence-electron chi connectivity index (χ4n) is 3.98. The monoisotopic (exact) mass is 288 g/mol. The Morgan fingerprint density at radius 2 is 2.10 bits per heavy atom. The van der Waals surface area contributed by atoms with Crippen LogP contribution >= 0.6 is 0 Å². The number of nitrogens with two attached hydrogens (primary N) is 1. The molecule has 1 heterocycles. The summed E-state index contributed by atoms with van der Waals surface area (Å²) < 4.78 is 5.85. The first-order valence-corrected chi connectivity index (χ1v) is 7.66. The van der Waals surface area contributed by atoms with Gasteiger partial charge in [-0.3, -0.25) is 4.79 Å². The van der Waals surface area contributed by atoms with Crippen LogP contribution in [0.25, 0.3) is 0 Å². The summed E-state index contributed by atoms with van der Waals surface area (Å²) in [6, 6.07) is 7.78. The highest BCUT2D eigenvalue weighted by atomic mass is 16.5. The van der Waals surface area contributed by atoms with Crippen molar-refractivity contribution in [2.75, 3.05) is 11.9 Å². The topological polar surface area (TPSA) is 64.4 Å². The normalized spacial score (nSPS) is 33.7. The minimum Gasteiger partial charge on any atom is -0.377 e. The molecule has 0 bridgehead atoms. The molecule has 21 heavy (non-hydrogen) atoms. The lowest BCUT2D eigenvalue weighted by molar-refractivity contribution is -0.222. The van der Waals surface area contributed by atoms with Crippen molar-refractivity contribution in [2.24, 2.45) is 17.1 Å². The molecule has 1 saturated heterocycles. The summed E-state index contributed by atoms with van der Waals surface area (Å²) in [5, 5.41) is 3.02. The van der Waals surface area contributed by atoms with Gasteiger partial charge in [0.05, 0.1) is 6.10 Å². The lowest BCUT2D eigenvalue weighted by atomic mass is 9.46. The van der Waals surface area contributed by atoms with Crippen molar-refractivity contribution in [3.8, 4) is 0 Å². The van der Waals surface area contributed by atoms with Crippen LogP contribution < -0.4 is 11.1 Å². The zero-order valence-electron chi connectivity index (χ0n) is 13.0. The number of para-hydroxylation sites is 1. The number of carbonyl (C=O) groups excluding carboxylic acids is 1. The number of hydrogen-bond donors (Lipinski definition) is 2. The fourth-order valence-corrected chi connectivity index (χ4v) is 3.98. The van der Waals surface area contributed by atoms with Crippen LogP contribution in [0.1, 0.15) is 32.3 Å². The predicted molar refractivity (Wildman–Crippen MR) is 83.0 cm³/mol. The lowest BCUT2D eigenvalue weighted by Gasteiger charge is -2.65. The molecular weight excluding hydrogens is 264 g/mol. The first-order chi connectivity index (χ1) is 9.89. The third-order valence-corrected chi connectivity index (χ3v) is 5.45. The summed E-state index contributed by atoms with van der Waals surface area (Å²) in [5.41, 5.74) is 7.26. The molecule has 3 rings (SSSR count). The van der Waals surface area contributed by atoms with Crippen LogP contribution in [0, 0.1) is 18.3 Å². The Kier molecular flexibility index (Phi) is 3.34. The van der Waals surface area contributed by atoms with Crippen molar-refractivity contribution < 1.29 is 9.53 Å². The summed E-state index contributed by atoms with van der Waals surface area (Å²) >= 11 is 0. The Morgan fingerprint density at radius 1 is 1.38 bits per heavy atom. The van der Waals surface area contributed by atoms with Gasteiger partial charge in [-0.2, -0.15) is 0 Å². The third kappa shape index (κ3) is 1.93. The molecule has 1 aliphatic heterocycles. The Bertz CT molecular complexity index is 570. The molecule has 4 nitrogen and oxygen atoms in total. The maximum Gasteiger partial charge on any atom is 0.245 e. The number of fused-ring (bicyclic) bond motifs is 1. The van der Waals surface area contributed by atoms with E-state index in [0.29, 0.717) is 0 Å². The second kappa shape index (κ2) is 4.82. The number of ether oxygens (including phenoxy) is 1. The van der Waals surface area contributed by atoms with Gasteiger partial charge in [-0.05, 0) is 31.4 Å². The molecule has 4 heteroatoms. The molecule has 0 radical (unpaired) electrons. The van der Waals surface area contributed by atoms with E-state index in [1.807, 2.05) is 45.0 Å². The van der Waals surface area contributed by atoms with Crippen LogP contribution in [0.2, 0.25) is 0 Å². The molecule has 1 aromatic carbocycles. The molecule has 3 N–H and O–H groups in total. The van der Waals surface area contributed by atoms with Crippen LogP contribution in [0.4, 0.5) is 5.69 Å². The minimum absolute atomic E-state index is 0.0893. The maximum atomic E-state index is 12.8. The standard InChI is InChI=1S/C17H24N2O2/c1-11-7-4-5-9-13(11)19-15(20)17(18)12-8-6-10-21-14(12)16(17,2)3/h4-5,7,9,12,14H,6,8,10,18H2,1-3H3,(H,19,20). The van der Waals surface area contributed by atoms with E-state index >= 15 is 0 Å². The van der Waals surface area contributed by atoms with E-state index in [4.69, 9.17) is 10.5 Å². The van der Waals surface area contributed by atoms with E-state index in [0.717, 1.165) is 30.7 Å². The molecule has 1 aromatic rings. The minimum atomic E-state index is -0.861. The Morgan fingerprint density at radius 3 is 2.81 bits per heavy atom. The SMILES string of the molecule is Cc1ccccc1NC(=O)C1(N)C2CCCOC2C1(C)C. The van der Waals surface area contributed by atoms with Crippen molar-refractivity contribution >= 4 is 11.6 Å². The van der Waals surface area contributed by atoms with Crippen LogP contribution in [-0.4, -0.2) is 24.2 Å². The molecule has 2 aliphatic rings. The van der Waals surface area contributed by atoms with E-state index in [9.17, 15) is 4.79 Å².